The van der Waals surface area contributed by atoms with Crippen LogP contribution in [0, 0.1) is 18.7 Å². The fraction of sp³-hybridized carbons (Fsp3) is 0.636. The Kier molecular flexibility index (Phi) is 4.61. The van der Waals surface area contributed by atoms with Crippen molar-refractivity contribution in [1.29, 1.82) is 0 Å². The number of anilines is 1. The molecule has 0 aliphatic rings. The van der Waals surface area contributed by atoms with E-state index in [9.17, 15) is 4.39 Å². The Morgan fingerprint density at radius 3 is 2.69 bits per heavy atom. The summed E-state index contributed by atoms with van der Waals surface area (Å²) in [6.07, 6.45) is 1.39. The first-order valence-corrected chi connectivity index (χ1v) is 5.48. The number of aryl methyl sites for hydroxylation is 1. The van der Waals surface area contributed by atoms with Gasteiger partial charge in [0.2, 0.25) is 0 Å². The van der Waals surface area contributed by atoms with Crippen molar-refractivity contribution in [2.45, 2.75) is 20.8 Å². The fourth-order valence-electron chi connectivity index (χ4n) is 1.55. The Bertz CT molecular complexity index is 341. The van der Waals surface area contributed by atoms with E-state index >= 15 is 0 Å². The summed E-state index contributed by atoms with van der Waals surface area (Å²) in [7, 11) is 0. The molecule has 1 aromatic rings. The van der Waals surface area contributed by atoms with E-state index in [4.69, 9.17) is 5.73 Å². The van der Waals surface area contributed by atoms with Crippen LogP contribution in [0.15, 0.2) is 6.33 Å². The zero-order valence-corrected chi connectivity index (χ0v) is 10.1. The summed E-state index contributed by atoms with van der Waals surface area (Å²) in [5, 5.41) is 0. The Morgan fingerprint density at radius 2 is 2.12 bits per heavy atom. The third-order valence-corrected chi connectivity index (χ3v) is 2.23. The number of aromatic nitrogens is 2. The molecule has 0 saturated heterocycles. The molecule has 0 saturated carbocycles. The summed E-state index contributed by atoms with van der Waals surface area (Å²) >= 11 is 0. The van der Waals surface area contributed by atoms with E-state index in [1.807, 2.05) is 4.90 Å². The van der Waals surface area contributed by atoms with Crippen molar-refractivity contribution in [3.05, 3.63) is 17.8 Å². The first-order valence-electron chi connectivity index (χ1n) is 5.48. The first kappa shape index (κ1) is 12.8. The molecule has 0 aromatic carbocycles. The zero-order chi connectivity index (χ0) is 12.1. The number of rotatable bonds is 5. The summed E-state index contributed by atoms with van der Waals surface area (Å²) in [4.78, 5) is 9.68. The predicted octanol–water partition coefficient (Wildman–Crippen LogP) is 1.35. The van der Waals surface area contributed by atoms with Crippen molar-refractivity contribution < 1.29 is 4.39 Å². The quantitative estimate of drug-likeness (QED) is 0.823. The molecule has 0 aliphatic heterocycles. The highest BCUT2D eigenvalue weighted by molar-refractivity contribution is 5.40. The van der Waals surface area contributed by atoms with Gasteiger partial charge in [-0.05, 0) is 12.8 Å². The van der Waals surface area contributed by atoms with Gasteiger partial charge in [0, 0.05) is 19.6 Å². The largest absolute Gasteiger partial charge is 0.353 e. The van der Waals surface area contributed by atoms with E-state index in [0.29, 0.717) is 30.5 Å². The lowest BCUT2D eigenvalue weighted by atomic mass is 10.2. The SMILES string of the molecule is Cc1ncnc(N(CCN)CC(C)C)c1F. The third kappa shape index (κ3) is 3.13. The number of nitrogens with two attached hydrogens (primary N) is 1. The number of halogens is 1. The van der Waals surface area contributed by atoms with Crippen LogP contribution in [-0.4, -0.2) is 29.6 Å². The standard InChI is InChI=1S/C11H19FN4/c1-8(2)6-16(5-4-13)11-10(12)9(3)14-7-15-11/h7-8H,4-6,13H2,1-3H3. The van der Waals surface area contributed by atoms with Crippen LogP contribution in [0.1, 0.15) is 19.5 Å². The van der Waals surface area contributed by atoms with Gasteiger partial charge in [-0.3, -0.25) is 0 Å². The summed E-state index contributed by atoms with van der Waals surface area (Å²) in [6, 6.07) is 0. The maximum atomic E-state index is 13.8. The van der Waals surface area contributed by atoms with E-state index in [2.05, 4.69) is 23.8 Å². The molecule has 16 heavy (non-hydrogen) atoms. The lowest BCUT2D eigenvalue weighted by Gasteiger charge is -2.25. The maximum absolute atomic E-state index is 13.8. The van der Waals surface area contributed by atoms with Crippen LogP contribution in [-0.2, 0) is 0 Å². The van der Waals surface area contributed by atoms with Crippen LogP contribution in [0.5, 0.6) is 0 Å². The van der Waals surface area contributed by atoms with Gasteiger partial charge in [0.1, 0.15) is 6.33 Å². The van der Waals surface area contributed by atoms with Gasteiger partial charge in [0.15, 0.2) is 11.6 Å². The second-order valence-corrected chi connectivity index (χ2v) is 4.23. The van der Waals surface area contributed by atoms with Gasteiger partial charge in [0.05, 0.1) is 5.69 Å². The van der Waals surface area contributed by atoms with Crippen molar-refractivity contribution in [3.63, 3.8) is 0 Å². The van der Waals surface area contributed by atoms with Crippen molar-refractivity contribution in [1.82, 2.24) is 9.97 Å². The van der Waals surface area contributed by atoms with Gasteiger partial charge in [0.25, 0.3) is 0 Å². The lowest BCUT2D eigenvalue weighted by Crippen LogP contribution is -2.34. The van der Waals surface area contributed by atoms with Crippen LogP contribution in [0.4, 0.5) is 10.2 Å². The normalized spacial score (nSPS) is 10.9. The second-order valence-electron chi connectivity index (χ2n) is 4.23. The van der Waals surface area contributed by atoms with Crippen molar-refractivity contribution in [2.75, 3.05) is 24.5 Å². The molecule has 0 atom stereocenters. The summed E-state index contributed by atoms with van der Waals surface area (Å²) in [5.74, 6) is 0.435. The van der Waals surface area contributed by atoms with Gasteiger partial charge < -0.3 is 10.6 Å². The van der Waals surface area contributed by atoms with Gasteiger partial charge in [-0.15, -0.1) is 0 Å². The van der Waals surface area contributed by atoms with Gasteiger partial charge in [-0.2, -0.15) is 0 Å². The van der Waals surface area contributed by atoms with Crippen molar-refractivity contribution in [2.24, 2.45) is 11.7 Å². The average Bonchev–Trinajstić information content (AvgIpc) is 2.21. The highest BCUT2D eigenvalue weighted by Gasteiger charge is 2.15. The molecular formula is C11H19FN4. The second kappa shape index (κ2) is 5.75. The summed E-state index contributed by atoms with van der Waals surface area (Å²) in [5.41, 5.74) is 5.89. The molecule has 0 amide bonds. The van der Waals surface area contributed by atoms with Crippen LogP contribution in [0.3, 0.4) is 0 Å². The molecule has 90 valence electrons. The predicted molar refractivity (Wildman–Crippen MR) is 62.8 cm³/mol. The molecule has 0 radical (unpaired) electrons. The minimum Gasteiger partial charge on any atom is -0.353 e. The number of hydrogen-bond donors (Lipinski definition) is 1. The van der Waals surface area contributed by atoms with E-state index in [1.165, 1.54) is 6.33 Å². The van der Waals surface area contributed by atoms with E-state index in [1.54, 1.807) is 6.92 Å². The third-order valence-electron chi connectivity index (χ3n) is 2.23. The molecule has 4 nitrogen and oxygen atoms in total. The molecule has 5 heteroatoms. The first-order chi connectivity index (χ1) is 7.56. The Hall–Kier alpha value is -1.23. The van der Waals surface area contributed by atoms with Crippen LogP contribution >= 0.6 is 0 Å². The molecule has 1 rings (SSSR count). The molecule has 0 aliphatic carbocycles. The Labute approximate surface area is 95.7 Å². The fourth-order valence-corrected chi connectivity index (χ4v) is 1.55. The van der Waals surface area contributed by atoms with Gasteiger partial charge in [-0.25, -0.2) is 14.4 Å². The van der Waals surface area contributed by atoms with Crippen LogP contribution < -0.4 is 10.6 Å². The molecule has 2 N–H and O–H groups in total. The van der Waals surface area contributed by atoms with Crippen LogP contribution in [0.2, 0.25) is 0 Å². The highest BCUT2D eigenvalue weighted by Crippen LogP contribution is 2.18. The van der Waals surface area contributed by atoms with E-state index in [0.717, 1.165) is 6.54 Å². The number of hydrogen-bond acceptors (Lipinski definition) is 4. The highest BCUT2D eigenvalue weighted by atomic mass is 19.1. The minimum absolute atomic E-state index is 0.350. The molecule has 0 bridgehead atoms. The Balaban J connectivity index is 2.96. The van der Waals surface area contributed by atoms with Crippen molar-refractivity contribution >= 4 is 5.82 Å². The summed E-state index contributed by atoms with van der Waals surface area (Å²) < 4.78 is 13.8. The molecule has 1 aromatic heterocycles. The topological polar surface area (TPSA) is 55.0 Å². The Morgan fingerprint density at radius 1 is 1.44 bits per heavy atom. The molecular weight excluding hydrogens is 207 g/mol. The lowest BCUT2D eigenvalue weighted by molar-refractivity contribution is 0.563. The van der Waals surface area contributed by atoms with E-state index < -0.39 is 0 Å². The van der Waals surface area contributed by atoms with Gasteiger partial charge >= 0.3 is 0 Å². The van der Waals surface area contributed by atoms with Gasteiger partial charge in [-0.1, -0.05) is 13.8 Å². The monoisotopic (exact) mass is 226 g/mol. The number of nitrogens with zero attached hydrogens (tertiary/aromatic N) is 3. The molecule has 0 unspecified atom stereocenters. The maximum Gasteiger partial charge on any atom is 0.186 e. The smallest absolute Gasteiger partial charge is 0.186 e. The summed E-state index contributed by atoms with van der Waals surface area (Å²) in [6.45, 7) is 7.62. The molecule has 1 heterocycles. The molecule has 0 fully saturated rings. The average molecular weight is 226 g/mol. The zero-order valence-electron chi connectivity index (χ0n) is 10.1. The van der Waals surface area contributed by atoms with Crippen LogP contribution in [0.25, 0.3) is 0 Å². The van der Waals surface area contributed by atoms with Crippen molar-refractivity contribution in [3.8, 4) is 0 Å². The molecule has 0 spiro atoms. The van der Waals surface area contributed by atoms with E-state index in [-0.39, 0.29) is 5.82 Å². The minimum atomic E-state index is -0.350.